The molecule has 0 saturated heterocycles. The van der Waals surface area contributed by atoms with Crippen molar-refractivity contribution in [2.75, 3.05) is 7.11 Å². The highest BCUT2D eigenvalue weighted by Gasteiger charge is 2.13. The predicted octanol–water partition coefficient (Wildman–Crippen LogP) is -0.742. The molecule has 0 aliphatic heterocycles. The Hall–Kier alpha value is -0.610. The molecule has 0 bridgehead atoms. The lowest BCUT2D eigenvalue weighted by Gasteiger charge is -2.11. The number of carbonyl (C=O) groups is 1. The van der Waals surface area contributed by atoms with E-state index in [2.05, 4.69) is 4.74 Å². The third-order valence-corrected chi connectivity index (χ3v) is 1.25. The number of hydrogen-bond acceptors (Lipinski definition) is 4. The largest absolute Gasteiger partial charge is 0.469 e. The summed E-state index contributed by atoms with van der Waals surface area (Å²) in [6, 6.07) is -0.521. The van der Waals surface area contributed by atoms with Crippen LogP contribution in [0.15, 0.2) is 0 Å². The van der Waals surface area contributed by atoms with Gasteiger partial charge in [0.1, 0.15) is 0 Å². The fourth-order valence-corrected chi connectivity index (χ4v) is 0.446. The molecule has 0 spiro atoms. The first kappa shape index (κ1) is 9.39. The molecule has 60 valence electrons. The van der Waals surface area contributed by atoms with Crippen molar-refractivity contribution in [2.24, 2.45) is 5.73 Å². The van der Waals surface area contributed by atoms with Crippen LogP contribution in [0.3, 0.4) is 0 Å². The third-order valence-electron chi connectivity index (χ3n) is 1.25. The average molecular weight is 147 g/mol. The van der Waals surface area contributed by atoms with Crippen LogP contribution in [-0.2, 0) is 9.53 Å². The molecule has 10 heavy (non-hydrogen) atoms. The zero-order valence-corrected chi connectivity index (χ0v) is 6.20. The minimum atomic E-state index is -0.668. The molecule has 4 nitrogen and oxygen atoms in total. The van der Waals surface area contributed by atoms with Crippen LogP contribution in [0.25, 0.3) is 0 Å². The molecule has 0 aromatic rings. The maximum Gasteiger partial charge on any atom is 0.307 e. The van der Waals surface area contributed by atoms with Gasteiger partial charge in [0.25, 0.3) is 0 Å². The van der Waals surface area contributed by atoms with Gasteiger partial charge in [-0.2, -0.15) is 0 Å². The van der Waals surface area contributed by atoms with Crippen molar-refractivity contribution in [2.45, 2.75) is 25.5 Å². The molecule has 2 atom stereocenters. The van der Waals surface area contributed by atoms with Crippen LogP contribution in [0.2, 0.25) is 0 Å². The number of ether oxygens (including phenoxy) is 1. The highest BCUT2D eigenvalue weighted by atomic mass is 16.5. The van der Waals surface area contributed by atoms with Gasteiger partial charge >= 0.3 is 5.97 Å². The van der Waals surface area contributed by atoms with Crippen molar-refractivity contribution in [3.05, 3.63) is 0 Å². The quantitative estimate of drug-likeness (QED) is 0.515. The van der Waals surface area contributed by atoms with Crippen LogP contribution in [0, 0.1) is 0 Å². The van der Waals surface area contributed by atoms with Crippen molar-refractivity contribution >= 4 is 5.97 Å². The van der Waals surface area contributed by atoms with Gasteiger partial charge in [0, 0.05) is 6.04 Å². The van der Waals surface area contributed by atoms with Crippen LogP contribution < -0.4 is 5.73 Å². The van der Waals surface area contributed by atoms with Gasteiger partial charge in [-0.25, -0.2) is 0 Å². The summed E-state index contributed by atoms with van der Waals surface area (Å²) in [6.45, 7) is 1.54. The maximum absolute atomic E-state index is 10.5. The van der Waals surface area contributed by atoms with Crippen LogP contribution >= 0.6 is 0 Å². The molecule has 0 amide bonds. The molecule has 4 heteroatoms. The van der Waals surface area contributed by atoms with Gasteiger partial charge in [0.15, 0.2) is 0 Å². The van der Waals surface area contributed by atoms with Gasteiger partial charge in [-0.05, 0) is 6.92 Å². The molecule has 1 unspecified atom stereocenters. The summed E-state index contributed by atoms with van der Waals surface area (Å²) in [4.78, 5) is 10.5. The van der Waals surface area contributed by atoms with Crippen LogP contribution in [0.4, 0.5) is 0 Å². The third kappa shape index (κ3) is 3.42. The second-order valence-electron chi connectivity index (χ2n) is 2.18. The number of carbonyl (C=O) groups excluding carboxylic acids is 1. The van der Waals surface area contributed by atoms with E-state index in [1.54, 1.807) is 0 Å². The minimum Gasteiger partial charge on any atom is -0.469 e. The van der Waals surface area contributed by atoms with Crippen LogP contribution in [-0.4, -0.2) is 30.3 Å². The summed E-state index contributed by atoms with van der Waals surface area (Å²) in [7, 11) is 1.29. The molecule has 0 rings (SSSR count). The van der Waals surface area contributed by atoms with E-state index >= 15 is 0 Å². The molecule has 0 aromatic heterocycles. The van der Waals surface area contributed by atoms with Crippen molar-refractivity contribution in [3.8, 4) is 0 Å². The summed E-state index contributed by atoms with van der Waals surface area (Å²) >= 11 is 0. The molecule has 0 saturated carbocycles. The number of rotatable bonds is 3. The van der Waals surface area contributed by atoms with Gasteiger partial charge < -0.3 is 15.6 Å². The van der Waals surface area contributed by atoms with Crippen molar-refractivity contribution in [3.63, 3.8) is 0 Å². The van der Waals surface area contributed by atoms with Gasteiger partial charge in [0.05, 0.1) is 19.6 Å². The van der Waals surface area contributed by atoms with E-state index in [-0.39, 0.29) is 6.42 Å². The topological polar surface area (TPSA) is 72.5 Å². The standard InChI is InChI=1S/C6H13NO3/c1-4(8)5(7)3-6(9)10-2/h4-5,8H,3,7H2,1-2H3/t4?,5-/m1/s1. The summed E-state index contributed by atoms with van der Waals surface area (Å²) in [5.74, 6) is -0.395. The second-order valence-corrected chi connectivity index (χ2v) is 2.18. The van der Waals surface area contributed by atoms with E-state index in [1.165, 1.54) is 14.0 Å². The number of methoxy groups -OCH3 is 1. The monoisotopic (exact) mass is 147 g/mol. The molecule has 0 aliphatic rings. The summed E-state index contributed by atoms with van der Waals surface area (Å²) in [5.41, 5.74) is 5.34. The Morgan fingerprint density at radius 2 is 2.30 bits per heavy atom. The van der Waals surface area contributed by atoms with Crippen LogP contribution in [0.5, 0.6) is 0 Å². The zero-order chi connectivity index (χ0) is 8.15. The Morgan fingerprint density at radius 1 is 1.80 bits per heavy atom. The second kappa shape index (κ2) is 4.24. The highest BCUT2D eigenvalue weighted by Crippen LogP contribution is 1.95. The summed E-state index contributed by atoms with van der Waals surface area (Å²) < 4.78 is 4.34. The predicted molar refractivity (Wildman–Crippen MR) is 36.3 cm³/mol. The molecule has 3 N–H and O–H groups in total. The minimum absolute atomic E-state index is 0.0637. The normalized spacial score (nSPS) is 16.0. The molecule has 0 radical (unpaired) electrons. The Morgan fingerprint density at radius 3 is 2.60 bits per heavy atom. The average Bonchev–Trinajstić information content (AvgIpc) is 1.87. The first-order valence-electron chi connectivity index (χ1n) is 3.08. The van der Waals surface area contributed by atoms with E-state index in [0.29, 0.717) is 0 Å². The lowest BCUT2D eigenvalue weighted by atomic mass is 10.1. The van der Waals surface area contributed by atoms with E-state index < -0.39 is 18.1 Å². The highest BCUT2D eigenvalue weighted by molar-refractivity contribution is 5.69. The first-order valence-corrected chi connectivity index (χ1v) is 3.08. The number of aliphatic hydroxyl groups excluding tert-OH is 1. The number of aliphatic hydroxyl groups is 1. The van der Waals surface area contributed by atoms with Crippen molar-refractivity contribution < 1.29 is 14.6 Å². The number of hydrogen-bond donors (Lipinski definition) is 2. The summed E-state index contributed by atoms with van der Waals surface area (Å²) in [5, 5.41) is 8.83. The maximum atomic E-state index is 10.5. The smallest absolute Gasteiger partial charge is 0.307 e. The van der Waals surface area contributed by atoms with Gasteiger partial charge in [-0.15, -0.1) is 0 Å². The van der Waals surface area contributed by atoms with E-state index in [9.17, 15) is 4.79 Å². The molecular formula is C6H13NO3. The Bertz CT molecular complexity index is 114. The molecule has 0 heterocycles. The fraction of sp³-hybridized carbons (Fsp3) is 0.833. The Kier molecular flexibility index (Phi) is 3.99. The van der Waals surface area contributed by atoms with Crippen LogP contribution in [0.1, 0.15) is 13.3 Å². The van der Waals surface area contributed by atoms with E-state index in [0.717, 1.165) is 0 Å². The Labute approximate surface area is 60.0 Å². The van der Waals surface area contributed by atoms with E-state index in [4.69, 9.17) is 10.8 Å². The van der Waals surface area contributed by atoms with Gasteiger partial charge in [-0.3, -0.25) is 4.79 Å². The lowest BCUT2D eigenvalue weighted by Crippen LogP contribution is -2.34. The van der Waals surface area contributed by atoms with Gasteiger partial charge in [-0.1, -0.05) is 0 Å². The molecule has 0 aromatic carbocycles. The molecular weight excluding hydrogens is 134 g/mol. The number of nitrogens with two attached hydrogens (primary N) is 1. The lowest BCUT2D eigenvalue weighted by molar-refractivity contribution is -0.141. The number of esters is 1. The fourth-order valence-electron chi connectivity index (χ4n) is 0.446. The zero-order valence-electron chi connectivity index (χ0n) is 6.20. The first-order chi connectivity index (χ1) is 4.57. The molecule has 0 aliphatic carbocycles. The van der Waals surface area contributed by atoms with E-state index in [1.807, 2.05) is 0 Å². The summed E-state index contributed by atoms with van der Waals surface area (Å²) in [6.07, 6.45) is -0.604. The van der Waals surface area contributed by atoms with Crippen molar-refractivity contribution in [1.82, 2.24) is 0 Å². The van der Waals surface area contributed by atoms with Gasteiger partial charge in [0.2, 0.25) is 0 Å². The Balaban J connectivity index is 3.57. The van der Waals surface area contributed by atoms with Crippen molar-refractivity contribution in [1.29, 1.82) is 0 Å². The SMILES string of the molecule is COC(=O)C[C@@H](N)C(C)O. The molecule has 0 fully saturated rings.